The molecule has 3 N–H and O–H groups in total. The summed E-state index contributed by atoms with van der Waals surface area (Å²) in [5, 5.41) is 5.27. The Balaban J connectivity index is 1.35. The summed E-state index contributed by atoms with van der Waals surface area (Å²) in [5.74, 6) is 1.69. The Morgan fingerprint density at radius 3 is 2.76 bits per heavy atom. The third kappa shape index (κ3) is 5.65. The average Bonchev–Trinajstić information content (AvgIpc) is 3.34. The van der Waals surface area contributed by atoms with Crippen LogP contribution in [0.2, 0.25) is 0 Å². The Kier molecular flexibility index (Phi) is 7.07. The number of amides is 1. The van der Waals surface area contributed by atoms with Crippen molar-refractivity contribution in [3.63, 3.8) is 0 Å². The van der Waals surface area contributed by atoms with Crippen molar-refractivity contribution in [1.29, 1.82) is 0 Å². The van der Waals surface area contributed by atoms with Gasteiger partial charge in [-0.05, 0) is 58.2 Å². The molecule has 1 atom stereocenters. The molecule has 198 valence electrons. The minimum atomic E-state index is -0.527. The molecule has 0 aliphatic carbocycles. The summed E-state index contributed by atoms with van der Waals surface area (Å²) < 4.78 is 11.9. The maximum absolute atomic E-state index is 12.6. The fraction of sp³-hybridized carbons (Fsp3) is 0.357. The molecule has 1 fully saturated rings. The van der Waals surface area contributed by atoms with Crippen LogP contribution in [0.15, 0.2) is 48.1 Å². The molecule has 5 rings (SSSR count). The highest BCUT2D eigenvalue weighted by Gasteiger charge is 2.28. The molecule has 38 heavy (non-hydrogen) atoms. The first-order valence-electron chi connectivity index (χ1n) is 12.6. The van der Waals surface area contributed by atoms with Crippen LogP contribution in [0.3, 0.4) is 0 Å². The van der Waals surface area contributed by atoms with Gasteiger partial charge in [0.05, 0.1) is 11.2 Å². The highest BCUT2D eigenvalue weighted by Crippen LogP contribution is 2.40. The quantitative estimate of drug-likeness (QED) is 0.290. The Morgan fingerprint density at radius 2 is 1.97 bits per heavy atom. The van der Waals surface area contributed by atoms with E-state index in [1.807, 2.05) is 64.1 Å². The predicted octanol–water partition coefficient (Wildman–Crippen LogP) is 6.25. The molecule has 2 aromatic carbocycles. The Hall–Kier alpha value is -3.92. The predicted molar refractivity (Wildman–Crippen MR) is 151 cm³/mol. The minimum absolute atomic E-state index is 0.0208. The van der Waals surface area contributed by atoms with Gasteiger partial charge in [0.25, 0.3) is 0 Å². The second-order valence-corrected chi connectivity index (χ2v) is 11.3. The van der Waals surface area contributed by atoms with E-state index in [0.717, 1.165) is 39.8 Å². The number of hydrogen-bond acceptors (Lipinski definition) is 9. The molecule has 2 aromatic heterocycles. The number of nitrogen functional groups attached to an aromatic ring is 1. The molecule has 0 spiro atoms. The van der Waals surface area contributed by atoms with Gasteiger partial charge in [-0.2, -0.15) is 0 Å². The van der Waals surface area contributed by atoms with Gasteiger partial charge in [-0.3, -0.25) is 0 Å². The lowest BCUT2D eigenvalue weighted by atomic mass is 10.0. The molecular formula is C28H32N6O3S. The van der Waals surface area contributed by atoms with Crippen LogP contribution < -0.4 is 15.8 Å². The Morgan fingerprint density at radius 1 is 1.18 bits per heavy atom. The number of piperidine rings is 1. The second kappa shape index (κ2) is 10.4. The van der Waals surface area contributed by atoms with Crippen molar-refractivity contribution in [3.8, 4) is 22.2 Å². The number of fused-ring (bicyclic) bond motifs is 1. The number of aryl methyl sites for hydroxylation is 1. The number of nitrogens with two attached hydrogens (primary N) is 1. The molecule has 0 unspecified atom stereocenters. The van der Waals surface area contributed by atoms with Gasteiger partial charge >= 0.3 is 6.09 Å². The molecule has 4 aromatic rings. The summed E-state index contributed by atoms with van der Waals surface area (Å²) in [5.41, 5.74) is 9.81. The van der Waals surface area contributed by atoms with Gasteiger partial charge in [-0.25, -0.2) is 19.7 Å². The molecule has 0 radical (unpaired) electrons. The lowest BCUT2D eigenvalue weighted by Crippen LogP contribution is -2.47. The zero-order valence-electron chi connectivity index (χ0n) is 22.0. The third-order valence-corrected chi connectivity index (χ3v) is 7.07. The molecule has 1 aliphatic rings. The van der Waals surface area contributed by atoms with Crippen LogP contribution in [-0.2, 0) is 4.74 Å². The monoisotopic (exact) mass is 532 g/mol. The molecule has 1 amide bonds. The van der Waals surface area contributed by atoms with Crippen molar-refractivity contribution >= 4 is 39.8 Å². The molecule has 1 aliphatic heterocycles. The first kappa shape index (κ1) is 25.7. The van der Waals surface area contributed by atoms with Crippen molar-refractivity contribution in [2.45, 2.75) is 52.2 Å². The molecule has 10 heteroatoms. The summed E-state index contributed by atoms with van der Waals surface area (Å²) in [6, 6.07) is 11.7. The molecule has 9 nitrogen and oxygen atoms in total. The van der Waals surface area contributed by atoms with E-state index in [4.69, 9.17) is 20.2 Å². The van der Waals surface area contributed by atoms with E-state index < -0.39 is 5.60 Å². The zero-order valence-corrected chi connectivity index (χ0v) is 22.8. The molecule has 0 bridgehead atoms. The fourth-order valence-corrected chi connectivity index (χ4v) is 5.24. The van der Waals surface area contributed by atoms with Gasteiger partial charge in [0, 0.05) is 41.8 Å². The van der Waals surface area contributed by atoms with Crippen molar-refractivity contribution in [2.75, 3.05) is 24.1 Å². The van der Waals surface area contributed by atoms with E-state index in [9.17, 15) is 4.79 Å². The highest BCUT2D eigenvalue weighted by molar-refractivity contribution is 7.13. The topological polar surface area (TPSA) is 115 Å². The van der Waals surface area contributed by atoms with Crippen LogP contribution in [0.1, 0.15) is 39.2 Å². The zero-order chi connectivity index (χ0) is 26.9. The molecular weight excluding hydrogens is 500 g/mol. The van der Waals surface area contributed by atoms with Crippen molar-refractivity contribution < 1.29 is 14.3 Å². The van der Waals surface area contributed by atoms with Crippen LogP contribution in [0.4, 0.5) is 16.4 Å². The van der Waals surface area contributed by atoms with Crippen LogP contribution in [0, 0.1) is 6.92 Å². The normalized spacial score (nSPS) is 15.9. The molecule has 0 saturated carbocycles. The highest BCUT2D eigenvalue weighted by atomic mass is 32.1. The number of aromatic nitrogens is 3. The number of ether oxygens (including phenoxy) is 2. The maximum Gasteiger partial charge on any atom is 0.410 e. The molecule has 3 heterocycles. The lowest BCUT2D eigenvalue weighted by Gasteiger charge is -2.34. The number of benzene rings is 2. The molecule has 1 saturated heterocycles. The Labute approximate surface area is 226 Å². The van der Waals surface area contributed by atoms with Gasteiger partial charge in [-0.15, -0.1) is 11.3 Å². The fourth-order valence-electron chi connectivity index (χ4n) is 4.56. The number of carbonyl (C=O) groups is 1. The number of nitrogens with zero attached hydrogens (tertiary/aromatic N) is 4. The Bertz CT molecular complexity index is 1460. The van der Waals surface area contributed by atoms with E-state index in [1.54, 1.807) is 16.6 Å². The first-order chi connectivity index (χ1) is 18.2. The number of thiazole rings is 1. The van der Waals surface area contributed by atoms with E-state index in [2.05, 4.69) is 15.3 Å². The van der Waals surface area contributed by atoms with E-state index >= 15 is 0 Å². The number of nitrogens with one attached hydrogen (secondary N) is 1. The number of anilines is 2. The number of carbonyl (C=O) groups excluding carboxylic acids is 1. The lowest BCUT2D eigenvalue weighted by molar-refractivity contribution is 0.0206. The van der Waals surface area contributed by atoms with Crippen molar-refractivity contribution in [2.24, 2.45) is 0 Å². The van der Waals surface area contributed by atoms with Crippen LogP contribution in [0.5, 0.6) is 11.6 Å². The van der Waals surface area contributed by atoms with E-state index in [0.29, 0.717) is 36.3 Å². The van der Waals surface area contributed by atoms with Gasteiger partial charge in [-0.1, -0.05) is 24.3 Å². The van der Waals surface area contributed by atoms with Crippen LogP contribution in [-0.4, -0.2) is 50.7 Å². The van der Waals surface area contributed by atoms with Crippen LogP contribution in [0.25, 0.3) is 21.3 Å². The maximum atomic E-state index is 12.6. The second-order valence-electron chi connectivity index (χ2n) is 10.4. The van der Waals surface area contributed by atoms with Gasteiger partial charge < -0.3 is 25.4 Å². The summed E-state index contributed by atoms with van der Waals surface area (Å²) in [6.07, 6.45) is 3.20. The summed E-state index contributed by atoms with van der Waals surface area (Å²) in [7, 11) is 0. The third-order valence-electron chi connectivity index (χ3n) is 6.24. The first-order valence-corrected chi connectivity index (χ1v) is 13.5. The minimum Gasteiger partial charge on any atom is -0.444 e. The van der Waals surface area contributed by atoms with Crippen LogP contribution >= 0.6 is 11.3 Å². The smallest absolute Gasteiger partial charge is 0.410 e. The standard InChI is InChI=1S/C28H32N6O3S/c1-17-14-21(29)19-9-5-6-10-20(19)23(17)36-25-24(38-16-31-25)22-11-12-30-26(33-22)32-18-8-7-13-34(15-18)27(35)37-28(2,3)4/h5-6,9-12,14,16,18H,7-8,13,15,29H2,1-4H3,(H,30,32,33)/t18-/m0/s1. The van der Waals surface area contributed by atoms with Gasteiger partial charge in [0.15, 0.2) is 0 Å². The number of rotatable bonds is 5. The van der Waals surface area contributed by atoms with E-state index in [1.165, 1.54) is 11.3 Å². The largest absolute Gasteiger partial charge is 0.444 e. The average molecular weight is 533 g/mol. The summed E-state index contributed by atoms with van der Waals surface area (Å²) >= 11 is 1.45. The van der Waals surface area contributed by atoms with E-state index in [-0.39, 0.29) is 12.1 Å². The number of likely N-dealkylation sites (tertiary alicyclic amines) is 1. The van der Waals surface area contributed by atoms with Gasteiger partial charge in [0.1, 0.15) is 16.2 Å². The number of hydrogen-bond donors (Lipinski definition) is 2. The van der Waals surface area contributed by atoms with Crippen molar-refractivity contribution in [3.05, 3.63) is 53.7 Å². The summed E-state index contributed by atoms with van der Waals surface area (Å²) in [6.45, 7) is 8.80. The van der Waals surface area contributed by atoms with Crippen molar-refractivity contribution in [1.82, 2.24) is 19.9 Å². The summed E-state index contributed by atoms with van der Waals surface area (Å²) in [4.78, 5) is 28.8. The SMILES string of the molecule is Cc1cc(N)c2ccccc2c1Oc1ncsc1-c1ccnc(N[C@H]2CCCN(C(=O)OC(C)(C)C)C2)n1. The van der Waals surface area contributed by atoms with Gasteiger partial charge in [0.2, 0.25) is 11.8 Å².